The van der Waals surface area contributed by atoms with Crippen LogP contribution >= 0.6 is 0 Å². The molecular formula is C32H34FN5O5. The van der Waals surface area contributed by atoms with Gasteiger partial charge in [0, 0.05) is 60.6 Å². The van der Waals surface area contributed by atoms with E-state index in [9.17, 15) is 19.5 Å². The number of fused-ring (bicyclic) bond motifs is 2. The Morgan fingerprint density at radius 1 is 1.09 bits per heavy atom. The number of amides is 2. The zero-order chi connectivity index (χ0) is 29.9. The van der Waals surface area contributed by atoms with E-state index in [4.69, 9.17) is 4.74 Å². The van der Waals surface area contributed by atoms with Crippen molar-refractivity contribution in [1.29, 1.82) is 0 Å². The molecule has 1 atom stereocenters. The normalized spacial score (nSPS) is 19.3. The minimum absolute atomic E-state index is 0.0321. The SMILES string of the molecule is CCOC(=O)C(c1ncn2c1CCC2)N1Cc2c(F)cc(-c3ccc(N4CCC5(CC4)CN(C(=O)O)C5)cc3)cc2C1=O. The number of carbonyl (C=O) groups is 3. The second kappa shape index (κ2) is 10.4. The summed E-state index contributed by atoms with van der Waals surface area (Å²) in [4.78, 5) is 47.8. The Morgan fingerprint density at radius 2 is 1.84 bits per heavy atom. The van der Waals surface area contributed by atoms with Crippen molar-refractivity contribution in [3.63, 3.8) is 0 Å². The van der Waals surface area contributed by atoms with Gasteiger partial charge in [0.05, 0.1) is 25.2 Å². The number of likely N-dealkylation sites (tertiary alicyclic amines) is 1. The van der Waals surface area contributed by atoms with E-state index in [1.54, 1.807) is 19.3 Å². The summed E-state index contributed by atoms with van der Waals surface area (Å²) in [5.74, 6) is -1.46. The predicted molar refractivity (Wildman–Crippen MR) is 155 cm³/mol. The third-order valence-electron chi connectivity index (χ3n) is 9.60. The number of carbonyl (C=O) groups excluding carboxylic acids is 2. The Kier molecular flexibility index (Phi) is 6.63. The van der Waals surface area contributed by atoms with Gasteiger partial charge in [0.2, 0.25) is 0 Å². The van der Waals surface area contributed by atoms with Gasteiger partial charge in [-0.3, -0.25) is 4.79 Å². The zero-order valence-electron chi connectivity index (χ0n) is 24.1. The standard InChI is InChI=1S/C32H34FN5O5/c1-2-43-30(40)28(27-26-4-3-11-36(26)19-34-27)38-16-24-23(29(38)39)14-21(15-25(24)33)20-5-7-22(8-6-20)35-12-9-32(10-13-35)17-37(18-32)31(41)42/h5-8,14-15,19,28H,2-4,9-13,16-18H2,1H3,(H,41,42). The highest BCUT2D eigenvalue weighted by Crippen LogP contribution is 2.42. The van der Waals surface area contributed by atoms with Crippen molar-refractivity contribution in [3.05, 3.63) is 71.1 Å². The fraction of sp³-hybridized carbons (Fsp3) is 0.438. The lowest BCUT2D eigenvalue weighted by Crippen LogP contribution is -2.61. The first-order valence-corrected chi connectivity index (χ1v) is 14.9. The summed E-state index contributed by atoms with van der Waals surface area (Å²) in [5.41, 5.74) is 4.49. The van der Waals surface area contributed by atoms with Crippen LogP contribution < -0.4 is 4.90 Å². The third-order valence-corrected chi connectivity index (χ3v) is 9.60. The van der Waals surface area contributed by atoms with Gasteiger partial charge in [-0.2, -0.15) is 0 Å². The van der Waals surface area contributed by atoms with E-state index in [1.165, 1.54) is 15.9 Å². The smallest absolute Gasteiger partial charge is 0.407 e. The van der Waals surface area contributed by atoms with Gasteiger partial charge in [0.15, 0.2) is 6.04 Å². The predicted octanol–water partition coefficient (Wildman–Crippen LogP) is 4.48. The van der Waals surface area contributed by atoms with Crippen LogP contribution in [0.3, 0.4) is 0 Å². The quantitative estimate of drug-likeness (QED) is 0.424. The molecule has 4 aliphatic heterocycles. The number of benzene rings is 2. The van der Waals surface area contributed by atoms with Gasteiger partial charge in [0.25, 0.3) is 5.91 Å². The number of imidazole rings is 1. The first kappa shape index (κ1) is 27.4. The summed E-state index contributed by atoms with van der Waals surface area (Å²) >= 11 is 0. The number of piperidine rings is 1. The maximum absolute atomic E-state index is 15.6. The first-order valence-electron chi connectivity index (χ1n) is 14.9. The largest absolute Gasteiger partial charge is 0.465 e. The molecule has 5 heterocycles. The third kappa shape index (κ3) is 4.61. The van der Waals surface area contributed by atoms with Crippen LogP contribution in [-0.2, 0) is 29.0 Å². The molecule has 2 amide bonds. The van der Waals surface area contributed by atoms with E-state index >= 15 is 4.39 Å². The van der Waals surface area contributed by atoms with Crippen LogP contribution in [0.4, 0.5) is 14.9 Å². The fourth-order valence-electron chi connectivity index (χ4n) is 7.22. The van der Waals surface area contributed by atoms with E-state index in [0.717, 1.165) is 62.3 Å². The van der Waals surface area contributed by atoms with E-state index in [1.807, 2.05) is 28.8 Å². The average Bonchev–Trinajstić information content (AvgIpc) is 3.69. The van der Waals surface area contributed by atoms with Crippen molar-refractivity contribution in [2.75, 3.05) is 37.7 Å². The van der Waals surface area contributed by atoms with Crippen molar-refractivity contribution in [1.82, 2.24) is 19.4 Å². The highest BCUT2D eigenvalue weighted by molar-refractivity contribution is 6.02. The Bertz CT molecular complexity index is 1600. The molecule has 2 saturated heterocycles. The van der Waals surface area contributed by atoms with Gasteiger partial charge in [-0.15, -0.1) is 0 Å². The molecule has 224 valence electrons. The van der Waals surface area contributed by atoms with Gasteiger partial charge >= 0.3 is 12.1 Å². The molecule has 1 unspecified atom stereocenters. The number of hydrogen-bond acceptors (Lipinski definition) is 6. The van der Waals surface area contributed by atoms with Crippen LogP contribution in [-0.4, -0.2) is 75.2 Å². The molecule has 0 radical (unpaired) electrons. The summed E-state index contributed by atoms with van der Waals surface area (Å²) in [7, 11) is 0. The number of aromatic nitrogens is 2. The Morgan fingerprint density at radius 3 is 2.53 bits per heavy atom. The highest BCUT2D eigenvalue weighted by Gasteiger charge is 2.47. The number of halogens is 1. The molecule has 3 aromatic rings. The molecule has 1 spiro atoms. The van der Waals surface area contributed by atoms with Gasteiger partial charge < -0.3 is 29.1 Å². The molecule has 0 saturated carbocycles. The second-order valence-corrected chi connectivity index (χ2v) is 12.1. The van der Waals surface area contributed by atoms with E-state index in [0.29, 0.717) is 24.3 Å². The summed E-state index contributed by atoms with van der Waals surface area (Å²) < 4.78 is 22.9. The Hall–Kier alpha value is -4.41. The minimum Gasteiger partial charge on any atom is -0.465 e. The number of hydrogen-bond donors (Lipinski definition) is 1. The highest BCUT2D eigenvalue weighted by atomic mass is 19.1. The van der Waals surface area contributed by atoms with E-state index < -0.39 is 29.8 Å². The molecule has 1 aromatic heterocycles. The molecule has 43 heavy (non-hydrogen) atoms. The van der Waals surface area contributed by atoms with Crippen LogP contribution in [0, 0.1) is 11.2 Å². The van der Waals surface area contributed by atoms with Gasteiger partial charge in [-0.05, 0) is 68.0 Å². The number of esters is 1. The molecular weight excluding hydrogens is 553 g/mol. The molecule has 0 bridgehead atoms. The monoisotopic (exact) mass is 587 g/mol. The van der Waals surface area contributed by atoms with Crippen LogP contribution in [0.1, 0.15) is 59.5 Å². The number of carboxylic acid groups (broad SMARTS) is 1. The van der Waals surface area contributed by atoms with Crippen molar-refractivity contribution in [3.8, 4) is 11.1 Å². The van der Waals surface area contributed by atoms with Gasteiger partial charge in [-0.25, -0.2) is 19.0 Å². The lowest BCUT2D eigenvalue weighted by atomic mass is 9.72. The lowest BCUT2D eigenvalue weighted by molar-refractivity contribution is -0.149. The summed E-state index contributed by atoms with van der Waals surface area (Å²) in [6.45, 7) is 5.59. The molecule has 7 rings (SSSR count). The number of anilines is 1. The van der Waals surface area contributed by atoms with Gasteiger partial charge in [-0.1, -0.05) is 12.1 Å². The van der Waals surface area contributed by atoms with Crippen LogP contribution in [0.25, 0.3) is 11.1 Å². The van der Waals surface area contributed by atoms with Crippen molar-refractivity contribution in [2.45, 2.75) is 51.7 Å². The maximum atomic E-state index is 15.6. The van der Waals surface area contributed by atoms with Crippen LogP contribution in [0.2, 0.25) is 0 Å². The molecule has 11 heteroatoms. The minimum atomic E-state index is -1.04. The number of rotatable bonds is 6. The van der Waals surface area contributed by atoms with Crippen molar-refractivity contribution in [2.24, 2.45) is 5.41 Å². The molecule has 2 fully saturated rings. The summed E-state index contributed by atoms with van der Waals surface area (Å²) in [6.07, 6.45) is 4.44. The molecule has 10 nitrogen and oxygen atoms in total. The lowest BCUT2D eigenvalue weighted by Gasteiger charge is -2.53. The topological polar surface area (TPSA) is 108 Å². The average molecular weight is 588 g/mol. The zero-order valence-corrected chi connectivity index (χ0v) is 24.1. The van der Waals surface area contributed by atoms with Gasteiger partial charge in [0.1, 0.15) is 5.82 Å². The van der Waals surface area contributed by atoms with Crippen LogP contribution in [0.5, 0.6) is 0 Å². The number of aryl methyl sites for hydroxylation is 1. The Balaban J connectivity index is 1.10. The Labute approximate surface area is 248 Å². The molecule has 0 aliphatic carbocycles. The molecule has 4 aliphatic rings. The summed E-state index contributed by atoms with van der Waals surface area (Å²) in [5, 5.41) is 9.18. The second-order valence-electron chi connectivity index (χ2n) is 12.1. The van der Waals surface area contributed by atoms with Crippen molar-refractivity contribution >= 4 is 23.7 Å². The van der Waals surface area contributed by atoms with E-state index in [-0.39, 0.29) is 29.7 Å². The first-order chi connectivity index (χ1) is 20.8. The van der Waals surface area contributed by atoms with Crippen molar-refractivity contribution < 1.29 is 28.6 Å². The number of ether oxygens (including phenoxy) is 1. The number of nitrogens with zero attached hydrogens (tertiary/aromatic N) is 5. The molecule has 2 aromatic carbocycles. The van der Waals surface area contributed by atoms with E-state index in [2.05, 4.69) is 9.88 Å². The van der Waals surface area contributed by atoms with Crippen LogP contribution in [0.15, 0.2) is 42.7 Å². The maximum Gasteiger partial charge on any atom is 0.407 e. The summed E-state index contributed by atoms with van der Waals surface area (Å²) in [6, 6.07) is 10.0. The molecule has 1 N–H and O–H groups in total. The fourth-order valence-corrected chi connectivity index (χ4v) is 7.22.